The summed E-state index contributed by atoms with van der Waals surface area (Å²) in [5.74, 6) is 0.0431. The molecule has 2 heterocycles. The number of ketones is 1. The van der Waals surface area contributed by atoms with Crippen LogP contribution < -0.4 is 0 Å². The fraction of sp³-hybridized carbons (Fsp3) is 0.300. The zero-order chi connectivity index (χ0) is 10.1. The average molecular weight is 189 g/mol. The Balaban J connectivity index is 2.50. The minimum absolute atomic E-state index is 0.0205. The van der Waals surface area contributed by atoms with E-state index in [4.69, 9.17) is 0 Å². The van der Waals surface area contributed by atoms with Crippen LogP contribution in [0.25, 0.3) is 5.65 Å². The summed E-state index contributed by atoms with van der Waals surface area (Å²) in [6.07, 6.45) is 6.81. The van der Waals surface area contributed by atoms with E-state index in [-0.39, 0.29) is 11.7 Å². The summed E-state index contributed by atoms with van der Waals surface area (Å²) in [5.41, 5.74) is 1.21. The maximum atomic E-state index is 11.6. The molecule has 0 fully saturated rings. The van der Waals surface area contributed by atoms with E-state index in [1.54, 1.807) is 29.2 Å². The van der Waals surface area contributed by atoms with Crippen LogP contribution in [-0.4, -0.2) is 20.2 Å². The molecule has 0 amide bonds. The molecule has 0 spiro atoms. The summed E-state index contributed by atoms with van der Waals surface area (Å²) in [6.45, 7) is 3.73. The Kier molecular flexibility index (Phi) is 2.04. The lowest BCUT2D eigenvalue weighted by atomic mass is 10.1. The van der Waals surface area contributed by atoms with E-state index in [9.17, 15) is 4.79 Å². The van der Waals surface area contributed by atoms with Gasteiger partial charge >= 0.3 is 0 Å². The quantitative estimate of drug-likeness (QED) is 0.673. The molecule has 0 aliphatic heterocycles. The van der Waals surface area contributed by atoms with Crippen LogP contribution in [0, 0.1) is 5.92 Å². The van der Waals surface area contributed by atoms with Crippen molar-refractivity contribution in [2.75, 3.05) is 0 Å². The molecule has 0 unspecified atom stereocenters. The van der Waals surface area contributed by atoms with Gasteiger partial charge in [0.15, 0.2) is 11.4 Å². The Morgan fingerprint density at radius 1 is 1.50 bits per heavy atom. The molecule has 0 N–H and O–H groups in total. The lowest BCUT2D eigenvalue weighted by Gasteiger charge is -1.97. The summed E-state index contributed by atoms with van der Waals surface area (Å²) in [6, 6.07) is 0. The van der Waals surface area contributed by atoms with E-state index in [0.29, 0.717) is 11.3 Å². The second-order valence-electron chi connectivity index (χ2n) is 3.49. The molecule has 0 aliphatic rings. The molecule has 2 aromatic heterocycles. The summed E-state index contributed by atoms with van der Waals surface area (Å²) >= 11 is 0. The standard InChI is InChI=1S/C10H11N3O/c1-7(2)10(14)8-6-13-4-3-11-5-9(13)12-8/h3-7H,1-2H3. The van der Waals surface area contributed by atoms with Crippen LogP contribution in [0.2, 0.25) is 0 Å². The summed E-state index contributed by atoms with van der Waals surface area (Å²) < 4.78 is 1.79. The smallest absolute Gasteiger partial charge is 0.185 e. The molecule has 0 bridgehead atoms. The molecule has 4 nitrogen and oxygen atoms in total. The third-order valence-electron chi connectivity index (χ3n) is 2.04. The molecular weight excluding hydrogens is 178 g/mol. The number of rotatable bonds is 2. The number of carbonyl (C=O) groups excluding carboxylic acids is 1. The minimum Gasteiger partial charge on any atom is -0.304 e. The maximum Gasteiger partial charge on any atom is 0.185 e. The van der Waals surface area contributed by atoms with Crippen molar-refractivity contribution in [2.45, 2.75) is 13.8 Å². The predicted molar refractivity (Wildman–Crippen MR) is 52.2 cm³/mol. The molecule has 0 atom stereocenters. The Morgan fingerprint density at radius 3 is 2.93 bits per heavy atom. The number of Topliss-reactive ketones (excluding diaryl/α,β-unsaturated/α-hetero) is 1. The molecular formula is C10H11N3O. The van der Waals surface area contributed by atoms with E-state index in [1.807, 2.05) is 13.8 Å². The van der Waals surface area contributed by atoms with E-state index >= 15 is 0 Å². The van der Waals surface area contributed by atoms with Crippen molar-refractivity contribution in [3.05, 3.63) is 30.5 Å². The maximum absolute atomic E-state index is 11.6. The van der Waals surface area contributed by atoms with Gasteiger partial charge in [-0.1, -0.05) is 13.8 Å². The number of hydrogen-bond donors (Lipinski definition) is 0. The molecule has 2 rings (SSSR count). The van der Waals surface area contributed by atoms with Crippen molar-refractivity contribution < 1.29 is 4.79 Å². The van der Waals surface area contributed by atoms with Crippen LogP contribution in [0.3, 0.4) is 0 Å². The lowest BCUT2D eigenvalue weighted by Crippen LogP contribution is -2.07. The Hall–Kier alpha value is -1.71. The van der Waals surface area contributed by atoms with Gasteiger partial charge in [-0.15, -0.1) is 0 Å². The summed E-state index contributed by atoms with van der Waals surface area (Å²) in [7, 11) is 0. The summed E-state index contributed by atoms with van der Waals surface area (Å²) in [4.78, 5) is 19.7. The normalized spacial score (nSPS) is 11.1. The van der Waals surface area contributed by atoms with Crippen LogP contribution in [0.4, 0.5) is 0 Å². The van der Waals surface area contributed by atoms with Crippen LogP contribution in [0.1, 0.15) is 24.3 Å². The predicted octanol–water partition coefficient (Wildman–Crippen LogP) is 1.57. The van der Waals surface area contributed by atoms with Gasteiger partial charge in [0.2, 0.25) is 0 Å². The molecule has 14 heavy (non-hydrogen) atoms. The van der Waals surface area contributed by atoms with Crippen molar-refractivity contribution in [1.29, 1.82) is 0 Å². The van der Waals surface area contributed by atoms with Gasteiger partial charge in [0, 0.05) is 24.5 Å². The second kappa shape index (κ2) is 3.21. The first-order valence-electron chi connectivity index (χ1n) is 4.51. The third-order valence-corrected chi connectivity index (χ3v) is 2.04. The largest absolute Gasteiger partial charge is 0.304 e. The molecule has 4 heteroatoms. The molecule has 2 aromatic rings. The van der Waals surface area contributed by atoms with Crippen LogP contribution in [-0.2, 0) is 0 Å². The van der Waals surface area contributed by atoms with Gasteiger partial charge in [-0.25, -0.2) is 4.98 Å². The van der Waals surface area contributed by atoms with Crippen molar-refractivity contribution in [3.63, 3.8) is 0 Å². The number of aromatic nitrogens is 3. The Morgan fingerprint density at radius 2 is 2.29 bits per heavy atom. The zero-order valence-corrected chi connectivity index (χ0v) is 8.14. The molecule has 0 radical (unpaired) electrons. The first-order valence-corrected chi connectivity index (χ1v) is 4.51. The highest BCUT2D eigenvalue weighted by atomic mass is 16.1. The van der Waals surface area contributed by atoms with Gasteiger partial charge < -0.3 is 4.40 Å². The fourth-order valence-electron chi connectivity index (χ4n) is 1.26. The Bertz CT molecular complexity index is 440. The molecule has 0 saturated heterocycles. The first kappa shape index (κ1) is 8.87. The van der Waals surface area contributed by atoms with Crippen molar-refractivity contribution >= 4 is 11.4 Å². The number of nitrogens with zero attached hydrogens (tertiary/aromatic N) is 3. The van der Waals surface area contributed by atoms with Crippen molar-refractivity contribution in [3.8, 4) is 0 Å². The highest BCUT2D eigenvalue weighted by Crippen LogP contribution is 2.08. The van der Waals surface area contributed by atoms with Gasteiger partial charge in [-0.3, -0.25) is 9.78 Å². The van der Waals surface area contributed by atoms with E-state index in [2.05, 4.69) is 9.97 Å². The van der Waals surface area contributed by atoms with Crippen LogP contribution in [0.15, 0.2) is 24.8 Å². The van der Waals surface area contributed by atoms with Crippen LogP contribution in [0.5, 0.6) is 0 Å². The lowest BCUT2D eigenvalue weighted by molar-refractivity contribution is 0.0935. The topological polar surface area (TPSA) is 47.3 Å². The van der Waals surface area contributed by atoms with E-state index < -0.39 is 0 Å². The zero-order valence-electron chi connectivity index (χ0n) is 8.14. The number of imidazole rings is 1. The van der Waals surface area contributed by atoms with Gasteiger partial charge in [0.25, 0.3) is 0 Å². The van der Waals surface area contributed by atoms with E-state index in [0.717, 1.165) is 0 Å². The van der Waals surface area contributed by atoms with Gasteiger partial charge in [-0.2, -0.15) is 0 Å². The van der Waals surface area contributed by atoms with Gasteiger partial charge in [-0.05, 0) is 0 Å². The number of carbonyl (C=O) groups is 1. The highest BCUT2D eigenvalue weighted by molar-refractivity contribution is 5.96. The molecule has 72 valence electrons. The summed E-state index contributed by atoms with van der Waals surface area (Å²) in [5, 5.41) is 0. The van der Waals surface area contributed by atoms with Gasteiger partial charge in [0.05, 0.1) is 6.20 Å². The third kappa shape index (κ3) is 1.39. The fourth-order valence-corrected chi connectivity index (χ4v) is 1.26. The average Bonchev–Trinajstić information content (AvgIpc) is 2.59. The van der Waals surface area contributed by atoms with Crippen molar-refractivity contribution in [1.82, 2.24) is 14.4 Å². The number of hydrogen-bond acceptors (Lipinski definition) is 3. The molecule has 0 aromatic carbocycles. The minimum atomic E-state index is -0.0205. The molecule has 0 aliphatic carbocycles. The highest BCUT2D eigenvalue weighted by Gasteiger charge is 2.13. The Labute approximate surface area is 81.6 Å². The number of fused-ring (bicyclic) bond motifs is 1. The monoisotopic (exact) mass is 189 g/mol. The second-order valence-corrected chi connectivity index (χ2v) is 3.49. The SMILES string of the molecule is CC(C)C(=O)c1cn2ccncc2n1. The van der Waals surface area contributed by atoms with Crippen LogP contribution >= 0.6 is 0 Å². The molecule has 0 saturated carbocycles. The van der Waals surface area contributed by atoms with Gasteiger partial charge in [0.1, 0.15) is 5.69 Å². The van der Waals surface area contributed by atoms with E-state index in [1.165, 1.54) is 0 Å². The first-order chi connectivity index (χ1) is 6.68. The van der Waals surface area contributed by atoms with Crippen molar-refractivity contribution in [2.24, 2.45) is 5.92 Å².